The van der Waals surface area contributed by atoms with Crippen LogP contribution < -0.4 is 64.6 Å². The predicted octanol–water partition coefficient (Wildman–Crippen LogP) is 0.174. The zero-order valence-corrected chi connectivity index (χ0v) is 59.3. The Kier molecular flexibility index (Phi) is 33.0. The van der Waals surface area contributed by atoms with E-state index in [9.17, 15) is 72.5 Å². The molecular formula is C70H100N14O16S. The van der Waals surface area contributed by atoms with Crippen molar-refractivity contribution < 1.29 is 77.3 Å². The van der Waals surface area contributed by atoms with Crippen LogP contribution in [0.15, 0.2) is 85.1 Å². The van der Waals surface area contributed by atoms with E-state index >= 15 is 0 Å². The number of nitrogens with two attached hydrogens (primary N) is 2. The minimum Gasteiger partial charge on any atom is -0.508 e. The number of esters is 1. The molecule has 552 valence electrons. The Hall–Kier alpha value is -9.62. The van der Waals surface area contributed by atoms with Crippen LogP contribution >= 0.6 is 12.6 Å². The molecule has 11 amide bonds. The summed E-state index contributed by atoms with van der Waals surface area (Å²) < 4.78 is 4.69. The lowest BCUT2D eigenvalue weighted by molar-refractivity contribution is -0.146. The van der Waals surface area contributed by atoms with Crippen LogP contribution in [-0.2, 0) is 86.3 Å². The molecule has 1 fully saturated rings. The molecule has 0 radical (unpaired) electrons. The van der Waals surface area contributed by atoms with E-state index in [1.54, 1.807) is 101 Å². The Bertz CT molecular complexity index is 3500. The predicted molar refractivity (Wildman–Crippen MR) is 378 cm³/mol. The summed E-state index contributed by atoms with van der Waals surface area (Å²) in [6, 6.07) is 7.38. The smallest absolute Gasteiger partial charge is 0.329 e. The van der Waals surface area contributed by atoms with E-state index in [1.807, 2.05) is 13.8 Å². The Morgan fingerprint density at radius 1 is 0.614 bits per heavy atom. The van der Waals surface area contributed by atoms with Gasteiger partial charge in [0.2, 0.25) is 65.0 Å². The number of phenolic OH excluding ortho intramolecular Hbond substituents is 1. The van der Waals surface area contributed by atoms with Gasteiger partial charge in [0.05, 0.1) is 26.1 Å². The maximum atomic E-state index is 14.9. The van der Waals surface area contributed by atoms with Gasteiger partial charge < -0.3 is 89.5 Å². The Balaban J connectivity index is 1.33. The molecule has 13 atom stereocenters. The number of aliphatic carboxylic acids is 1. The minimum absolute atomic E-state index is 0.0383. The molecule has 1 aliphatic rings. The van der Waals surface area contributed by atoms with Crippen LogP contribution in [0.4, 0.5) is 0 Å². The van der Waals surface area contributed by atoms with Crippen molar-refractivity contribution in [3.63, 3.8) is 0 Å². The van der Waals surface area contributed by atoms with Gasteiger partial charge in [0.1, 0.15) is 66.2 Å². The number of carbonyl (C=O) groups is 13. The molecule has 0 saturated carbocycles. The van der Waals surface area contributed by atoms with E-state index in [0.717, 1.165) is 12.0 Å². The number of carboxylic acid groups (broad SMARTS) is 1. The number of para-hydroxylation sites is 1. The second-order valence-corrected chi connectivity index (χ2v) is 26.2. The molecule has 0 aliphatic carbocycles. The SMILES string of the molecule is CC[C@H](C)[C@H](NC(=O)[C@@H](NC(=O)[C@@H](N)Cc1ccc(O)cc1)[C@@H](C)CC)C(=O)N[C@@H](CCCCN)C(=O)NCC(=O)N[C@H](C(=O)N[C@@H](Cc1ccccc1)C(=O)N[C@@H](Cc1c[nH]c2ccccc12)C(=O)N[C@@H](CC(=O)O)C(=O)N1CCC[C@H]1C(=O)N[C@@H](C)C(=O)N[C@H](CS)C(=O)OC)C(C)C. The number of methoxy groups -OCH3 is 1. The van der Waals surface area contributed by atoms with Gasteiger partial charge in [-0.15, -0.1) is 0 Å². The maximum absolute atomic E-state index is 14.9. The standard InChI is InChI=1S/C70H100N14O16S/c1-9-39(5)58(83-68(97)59(40(6)10-2)82-61(90)47(72)31-43-25-27-45(85)28-26-43)67(96)76-49(23-16-17-29-71)62(91)74-36-55(86)81-57(38(3)4)66(95)78-50(32-42-19-12-11-13-20-42)63(92)77-51(33-44-35-73-48-22-15-14-21-46(44)48)64(93)79-52(34-56(87)88)69(98)84-30-18-24-54(84)65(94)75-41(7)60(89)80-53(37-101)70(99)100-8/h11-15,19-22,25-28,35,38-41,47,49-54,57-59,73,85,101H,9-10,16-18,23-24,29-34,36-37,71-72H2,1-8H3,(H,74,91)(H,75,94)(H,76,96)(H,77,92)(H,78,95)(H,79,93)(H,80,89)(H,81,86)(H,82,90)(H,83,97)(H,87,88)/t39-,40-,41-,47-,49-,50-,51-,52-,53+,54-,57-,58-,59-/m0/s1. The summed E-state index contributed by atoms with van der Waals surface area (Å²) in [6.07, 6.45) is 2.50. The van der Waals surface area contributed by atoms with Gasteiger partial charge in [-0.1, -0.05) is 115 Å². The molecule has 1 aliphatic heterocycles. The summed E-state index contributed by atoms with van der Waals surface area (Å²) in [4.78, 5) is 184. The molecule has 101 heavy (non-hydrogen) atoms. The average molecular weight is 1430 g/mol. The number of aromatic nitrogens is 1. The van der Waals surface area contributed by atoms with E-state index in [4.69, 9.17) is 16.2 Å². The molecule has 0 spiro atoms. The van der Waals surface area contributed by atoms with E-state index in [-0.39, 0.29) is 63.1 Å². The number of hydrogen-bond donors (Lipinski definition) is 16. The number of aromatic hydroxyl groups is 1. The fraction of sp³-hybridized carbons (Fsp3) is 0.529. The zero-order valence-electron chi connectivity index (χ0n) is 58.4. The number of phenols is 1. The van der Waals surface area contributed by atoms with Gasteiger partial charge in [0.25, 0.3) is 0 Å². The lowest BCUT2D eigenvalue weighted by Crippen LogP contribution is -2.61. The second kappa shape index (κ2) is 40.6. The quantitative estimate of drug-likeness (QED) is 0.0160. The first-order chi connectivity index (χ1) is 48.0. The molecule has 31 heteroatoms. The fourth-order valence-corrected chi connectivity index (χ4v) is 11.7. The lowest BCUT2D eigenvalue weighted by atomic mass is 9.94. The average Bonchev–Trinajstić information content (AvgIpc) is 1.74. The van der Waals surface area contributed by atoms with Gasteiger partial charge in [0, 0.05) is 42.2 Å². The van der Waals surface area contributed by atoms with Crippen LogP contribution in [0.5, 0.6) is 5.75 Å². The monoisotopic (exact) mass is 1420 g/mol. The van der Waals surface area contributed by atoms with Crippen LogP contribution in [0.3, 0.4) is 0 Å². The third-order valence-corrected chi connectivity index (χ3v) is 18.2. The normalized spacial score (nSPS) is 16.3. The van der Waals surface area contributed by atoms with Crippen molar-refractivity contribution in [1.29, 1.82) is 0 Å². The highest BCUT2D eigenvalue weighted by Crippen LogP contribution is 2.23. The van der Waals surface area contributed by atoms with Crippen molar-refractivity contribution in [3.8, 4) is 5.75 Å². The number of nitrogens with zero attached hydrogens (tertiary/aromatic N) is 1. The van der Waals surface area contributed by atoms with Crippen molar-refractivity contribution >= 4 is 100 Å². The summed E-state index contributed by atoms with van der Waals surface area (Å²) in [6.45, 7) is 11.3. The van der Waals surface area contributed by atoms with Crippen molar-refractivity contribution in [1.82, 2.24) is 63.1 Å². The molecule has 0 unspecified atom stereocenters. The van der Waals surface area contributed by atoms with E-state index < -0.39 is 174 Å². The van der Waals surface area contributed by atoms with E-state index in [1.165, 1.54) is 19.1 Å². The number of rotatable bonds is 40. The van der Waals surface area contributed by atoms with Crippen molar-refractivity contribution in [2.24, 2.45) is 29.2 Å². The van der Waals surface area contributed by atoms with Gasteiger partial charge in [-0.05, 0) is 105 Å². The number of H-pyrrole nitrogens is 1. The molecule has 0 bridgehead atoms. The van der Waals surface area contributed by atoms with Gasteiger partial charge in [-0.2, -0.15) is 12.6 Å². The Morgan fingerprint density at radius 2 is 1.17 bits per heavy atom. The van der Waals surface area contributed by atoms with Gasteiger partial charge in [-0.25, -0.2) is 4.79 Å². The van der Waals surface area contributed by atoms with Gasteiger partial charge >= 0.3 is 11.9 Å². The number of likely N-dealkylation sites (tertiary alicyclic amines) is 1. The topological polar surface area (TPSA) is 463 Å². The molecule has 5 rings (SSSR count). The molecular weight excluding hydrogens is 1320 g/mol. The number of thiol groups is 1. The Labute approximate surface area is 593 Å². The van der Waals surface area contributed by atoms with E-state index in [0.29, 0.717) is 53.3 Å². The van der Waals surface area contributed by atoms with Crippen LogP contribution in [0.25, 0.3) is 10.9 Å². The van der Waals surface area contributed by atoms with Crippen molar-refractivity contribution in [2.75, 3.05) is 32.5 Å². The second-order valence-electron chi connectivity index (χ2n) is 25.8. The minimum atomic E-state index is -1.80. The Morgan fingerprint density at radius 3 is 1.77 bits per heavy atom. The van der Waals surface area contributed by atoms with Crippen LogP contribution in [-0.4, -0.2) is 196 Å². The zero-order chi connectivity index (χ0) is 74.6. The molecule has 30 nitrogen and oxygen atoms in total. The first-order valence-electron chi connectivity index (χ1n) is 34.1. The number of unbranched alkanes of at least 4 members (excludes halogenated alkanes) is 1. The highest BCUT2D eigenvalue weighted by Gasteiger charge is 2.42. The molecule has 17 N–H and O–H groups in total. The van der Waals surface area contributed by atoms with Gasteiger partial charge in [-0.3, -0.25) is 57.5 Å². The third kappa shape index (κ3) is 24.9. The van der Waals surface area contributed by atoms with Crippen LogP contribution in [0, 0.1) is 17.8 Å². The number of fused-ring (bicyclic) bond motifs is 1. The van der Waals surface area contributed by atoms with E-state index in [2.05, 4.69) is 70.8 Å². The number of nitrogens with one attached hydrogen (secondary N) is 11. The summed E-state index contributed by atoms with van der Waals surface area (Å²) in [7, 11) is 1.13. The lowest BCUT2D eigenvalue weighted by Gasteiger charge is -2.30. The fourth-order valence-electron chi connectivity index (χ4n) is 11.4. The number of hydrogen-bond acceptors (Lipinski definition) is 18. The molecule has 2 heterocycles. The number of benzene rings is 3. The number of carboxylic acids is 1. The first-order valence-corrected chi connectivity index (χ1v) is 34.7. The van der Waals surface area contributed by atoms with Crippen LogP contribution in [0.1, 0.15) is 117 Å². The number of aromatic amines is 1. The number of carbonyl (C=O) groups excluding carboxylic acids is 12. The molecule has 1 aromatic heterocycles. The summed E-state index contributed by atoms with van der Waals surface area (Å²) in [5, 5.41) is 46.9. The first kappa shape index (κ1) is 82.1. The van der Waals surface area contributed by atoms with Crippen LogP contribution in [0.2, 0.25) is 0 Å². The van der Waals surface area contributed by atoms with Gasteiger partial charge in [0.15, 0.2) is 0 Å². The third-order valence-electron chi connectivity index (χ3n) is 17.8. The summed E-state index contributed by atoms with van der Waals surface area (Å²) >= 11 is 4.08. The maximum Gasteiger partial charge on any atom is 0.329 e. The molecule has 4 aromatic rings. The highest BCUT2D eigenvalue weighted by molar-refractivity contribution is 7.80. The summed E-state index contributed by atoms with van der Waals surface area (Å²) in [5.74, 6) is -12.8. The molecule has 3 aromatic carbocycles. The number of amides is 11. The van der Waals surface area contributed by atoms with Crippen molar-refractivity contribution in [3.05, 3.63) is 102 Å². The number of ether oxygens (including phenoxy) is 1. The summed E-state index contributed by atoms with van der Waals surface area (Å²) in [5.41, 5.74) is 14.5. The molecule has 1 saturated heterocycles. The highest BCUT2D eigenvalue weighted by atomic mass is 32.1. The largest absolute Gasteiger partial charge is 0.508 e. The van der Waals surface area contributed by atoms with Crippen molar-refractivity contribution in [2.45, 2.75) is 186 Å².